The number of ether oxygens (including phenoxy) is 1. The smallest absolute Gasteiger partial charge is 0.0678 e. The van der Waals surface area contributed by atoms with Crippen LogP contribution in [0.2, 0.25) is 0 Å². The van der Waals surface area contributed by atoms with Crippen LogP contribution in [-0.2, 0) is 4.74 Å². The van der Waals surface area contributed by atoms with Crippen molar-refractivity contribution < 1.29 is 4.74 Å². The maximum absolute atomic E-state index is 6.36. The number of morpholine rings is 1. The van der Waals surface area contributed by atoms with Crippen molar-refractivity contribution in [3.8, 4) is 0 Å². The van der Waals surface area contributed by atoms with Crippen LogP contribution in [0.25, 0.3) is 0 Å². The Hall–Kier alpha value is -0.120. The Bertz CT molecular complexity index is 216. The number of hydrogen-bond acceptors (Lipinski definition) is 3. The molecule has 2 aliphatic rings. The van der Waals surface area contributed by atoms with Gasteiger partial charge in [-0.25, -0.2) is 0 Å². The van der Waals surface area contributed by atoms with Crippen LogP contribution >= 0.6 is 0 Å². The Kier molecular flexibility index (Phi) is 3.06. The highest BCUT2D eigenvalue weighted by Gasteiger charge is 2.40. The molecule has 0 spiro atoms. The van der Waals surface area contributed by atoms with Crippen LogP contribution < -0.4 is 5.73 Å². The van der Waals surface area contributed by atoms with E-state index >= 15 is 0 Å². The first-order chi connectivity index (χ1) is 6.97. The molecule has 0 amide bonds. The summed E-state index contributed by atoms with van der Waals surface area (Å²) in [6, 6.07) is 0. The number of hydrogen-bond donors (Lipinski definition) is 1. The van der Waals surface area contributed by atoms with Gasteiger partial charge in [0.1, 0.15) is 0 Å². The highest BCUT2D eigenvalue weighted by Crippen LogP contribution is 2.38. The molecule has 88 valence electrons. The molecule has 15 heavy (non-hydrogen) atoms. The van der Waals surface area contributed by atoms with E-state index in [-0.39, 0.29) is 5.54 Å². The zero-order valence-electron chi connectivity index (χ0n) is 10.2. The van der Waals surface area contributed by atoms with E-state index in [2.05, 4.69) is 25.7 Å². The Morgan fingerprint density at radius 3 is 2.27 bits per heavy atom. The van der Waals surface area contributed by atoms with Gasteiger partial charge in [-0.1, -0.05) is 0 Å². The minimum absolute atomic E-state index is 0.0107. The summed E-state index contributed by atoms with van der Waals surface area (Å²) in [5, 5.41) is 0. The number of nitrogens with zero attached hydrogens (tertiary/aromatic N) is 1. The van der Waals surface area contributed by atoms with Crippen molar-refractivity contribution in [3.05, 3.63) is 0 Å². The SMILES string of the molecule is CC1CN(CC(C)(N)C2CC2)CC(C)O1. The van der Waals surface area contributed by atoms with Gasteiger partial charge in [0.15, 0.2) is 0 Å². The zero-order chi connectivity index (χ0) is 11.1. The maximum Gasteiger partial charge on any atom is 0.0678 e. The van der Waals surface area contributed by atoms with Gasteiger partial charge in [0.25, 0.3) is 0 Å². The maximum atomic E-state index is 6.36. The second-order valence-electron chi connectivity index (χ2n) is 5.73. The molecule has 1 aliphatic heterocycles. The average molecular weight is 212 g/mol. The minimum Gasteiger partial charge on any atom is -0.373 e. The molecule has 3 atom stereocenters. The fourth-order valence-electron chi connectivity index (χ4n) is 2.77. The summed E-state index contributed by atoms with van der Waals surface area (Å²) in [7, 11) is 0. The van der Waals surface area contributed by atoms with Crippen molar-refractivity contribution in [3.63, 3.8) is 0 Å². The molecule has 2 fully saturated rings. The molecule has 1 saturated carbocycles. The van der Waals surface area contributed by atoms with E-state index in [1.165, 1.54) is 12.8 Å². The largest absolute Gasteiger partial charge is 0.373 e. The molecule has 0 bridgehead atoms. The van der Waals surface area contributed by atoms with Crippen LogP contribution in [0.15, 0.2) is 0 Å². The molecular formula is C12H24N2O. The van der Waals surface area contributed by atoms with E-state index in [4.69, 9.17) is 10.5 Å². The van der Waals surface area contributed by atoms with Crippen molar-refractivity contribution in [1.29, 1.82) is 0 Å². The normalized spacial score (nSPS) is 37.6. The van der Waals surface area contributed by atoms with E-state index in [1.807, 2.05) is 0 Å². The lowest BCUT2D eigenvalue weighted by Gasteiger charge is -2.39. The summed E-state index contributed by atoms with van der Waals surface area (Å²) >= 11 is 0. The summed E-state index contributed by atoms with van der Waals surface area (Å²) in [5.41, 5.74) is 6.37. The Labute approximate surface area is 93.0 Å². The average Bonchev–Trinajstić information content (AvgIpc) is 2.80. The lowest BCUT2D eigenvalue weighted by atomic mass is 9.96. The topological polar surface area (TPSA) is 38.5 Å². The monoisotopic (exact) mass is 212 g/mol. The highest BCUT2D eigenvalue weighted by atomic mass is 16.5. The molecule has 1 heterocycles. The van der Waals surface area contributed by atoms with Gasteiger partial charge in [0.05, 0.1) is 12.2 Å². The van der Waals surface area contributed by atoms with E-state index in [9.17, 15) is 0 Å². The summed E-state index contributed by atoms with van der Waals surface area (Å²) in [4.78, 5) is 2.47. The zero-order valence-corrected chi connectivity index (χ0v) is 10.2. The molecule has 3 nitrogen and oxygen atoms in total. The number of rotatable bonds is 3. The van der Waals surface area contributed by atoms with E-state index in [0.29, 0.717) is 12.2 Å². The standard InChI is InChI=1S/C12H24N2O/c1-9-6-14(7-10(2)15-9)8-12(3,13)11-4-5-11/h9-11H,4-8,13H2,1-3H3. The van der Waals surface area contributed by atoms with Crippen molar-refractivity contribution in [2.75, 3.05) is 19.6 Å². The van der Waals surface area contributed by atoms with Crippen molar-refractivity contribution in [2.24, 2.45) is 11.7 Å². The molecule has 0 radical (unpaired) electrons. The minimum atomic E-state index is 0.0107. The second-order valence-corrected chi connectivity index (χ2v) is 5.73. The number of nitrogens with two attached hydrogens (primary N) is 1. The predicted octanol–water partition coefficient (Wildman–Crippen LogP) is 1.22. The third-order valence-corrected chi connectivity index (χ3v) is 3.57. The molecule has 3 heteroatoms. The van der Waals surface area contributed by atoms with Crippen LogP contribution in [-0.4, -0.2) is 42.3 Å². The second kappa shape index (κ2) is 4.04. The first kappa shape index (κ1) is 11.4. The van der Waals surface area contributed by atoms with Crippen LogP contribution in [0.3, 0.4) is 0 Å². The molecule has 2 N–H and O–H groups in total. The van der Waals surface area contributed by atoms with E-state index in [1.54, 1.807) is 0 Å². The fraction of sp³-hybridized carbons (Fsp3) is 1.00. The van der Waals surface area contributed by atoms with Gasteiger partial charge in [-0.15, -0.1) is 0 Å². The molecule has 0 aromatic heterocycles. The van der Waals surface area contributed by atoms with Gasteiger partial charge in [0.2, 0.25) is 0 Å². The van der Waals surface area contributed by atoms with Crippen LogP contribution in [0.1, 0.15) is 33.6 Å². The van der Waals surface area contributed by atoms with Crippen LogP contribution in [0.4, 0.5) is 0 Å². The summed E-state index contributed by atoms with van der Waals surface area (Å²) in [6.07, 6.45) is 3.35. The molecule has 1 saturated heterocycles. The fourth-order valence-corrected chi connectivity index (χ4v) is 2.77. The quantitative estimate of drug-likeness (QED) is 0.764. The van der Waals surface area contributed by atoms with Crippen molar-refractivity contribution in [2.45, 2.75) is 51.4 Å². The van der Waals surface area contributed by atoms with Crippen molar-refractivity contribution in [1.82, 2.24) is 4.90 Å². The molecular weight excluding hydrogens is 188 g/mol. The van der Waals surface area contributed by atoms with E-state index < -0.39 is 0 Å². The Balaban J connectivity index is 1.87. The van der Waals surface area contributed by atoms with Gasteiger partial charge in [0, 0.05) is 25.2 Å². The van der Waals surface area contributed by atoms with Gasteiger partial charge >= 0.3 is 0 Å². The highest BCUT2D eigenvalue weighted by molar-refractivity contribution is 4.97. The van der Waals surface area contributed by atoms with Gasteiger partial charge in [-0.05, 0) is 39.5 Å². The Morgan fingerprint density at radius 1 is 1.27 bits per heavy atom. The predicted molar refractivity (Wildman–Crippen MR) is 61.8 cm³/mol. The van der Waals surface area contributed by atoms with Gasteiger partial charge in [-0.3, -0.25) is 4.90 Å². The lowest BCUT2D eigenvalue weighted by molar-refractivity contribution is -0.0728. The first-order valence-corrected chi connectivity index (χ1v) is 6.14. The summed E-state index contributed by atoms with van der Waals surface area (Å²) in [6.45, 7) is 9.58. The lowest BCUT2D eigenvalue weighted by Crippen LogP contribution is -2.55. The van der Waals surface area contributed by atoms with Crippen molar-refractivity contribution >= 4 is 0 Å². The van der Waals surface area contributed by atoms with Gasteiger partial charge < -0.3 is 10.5 Å². The third kappa shape index (κ3) is 2.92. The summed E-state index contributed by atoms with van der Waals surface area (Å²) in [5.74, 6) is 0.756. The molecule has 3 unspecified atom stereocenters. The van der Waals surface area contributed by atoms with E-state index in [0.717, 1.165) is 25.6 Å². The van der Waals surface area contributed by atoms with Gasteiger partial charge in [-0.2, -0.15) is 0 Å². The van der Waals surface area contributed by atoms with Crippen LogP contribution in [0, 0.1) is 5.92 Å². The third-order valence-electron chi connectivity index (χ3n) is 3.57. The first-order valence-electron chi connectivity index (χ1n) is 6.14. The molecule has 1 aliphatic carbocycles. The van der Waals surface area contributed by atoms with Crippen LogP contribution in [0.5, 0.6) is 0 Å². The molecule has 0 aromatic rings. The molecule has 2 rings (SSSR count). The summed E-state index contributed by atoms with van der Waals surface area (Å²) < 4.78 is 5.72. The molecule has 0 aromatic carbocycles. The Morgan fingerprint density at radius 2 is 1.80 bits per heavy atom.